The standard InChI is InChI=1S/C15H15NO4/c1-3-19-13-6-10-4-9(2)20-14(10)7-11(13)5-12(8-16)15(17)18/h5-7,9H,3-4H2,1-2H3,(H,17,18)/b12-5+/t9-/m1/s1. The van der Waals surface area contributed by atoms with E-state index in [9.17, 15) is 4.79 Å². The number of nitriles is 1. The van der Waals surface area contributed by atoms with E-state index >= 15 is 0 Å². The molecule has 0 fully saturated rings. The summed E-state index contributed by atoms with van der Waals surface area (Å²) in [7, 11) is 0. The summed E-state index contributed by atoms with van der Waals surface area (Å²) in [4.78, 5) is 10.9. The first kappa shape index (κ1) is 13.9. The van der Waals surface area contributed by atoms with Crippen molar-refractivity contribution in [3.8, 4) is 17.6 Å². The van der Waals surface area contributed by atoms with Gasteiger partial charge in [-0.3, -0.25) is 0 Å². The molecule has 104 valence electrons. The fourth-order valence-corrected chi connectivity index (χ4v) is 2.15. The van der Waals surface area contributed by atoms with Crippen LogP contribution < -0.4 is 9.47 Å². The Hall–Kier alpha value is -2.48. The second kappa shape index (κ2) is 5.66. The molecule has 0 unspecified atom stereocenters. The van der Waals surface area contributed by atoms with Crippen LogP contribution >= 0.6 is 0 Å². The summed E-state index contributed by atoms with van der Waals surface area (Å²) in [6.07, 6.45) is 2.19. The molecule has 2 rings (SSSR count). The number of rotatable bonds is 4. The van der Waals surface area contributed by atoms with Crippen LogP contribution in [-0.4, -0.2) is 23.8 Å². The lowest BCUT2D eigenvalue weighted by molar-refractivity contribution is -0.132. The molecule has 20 heavy (non-hydrogen) atoms. The molecule has 1 atom stereocenters. The molecule has 0 saturated heterocycles. The Labute approximate surface area is 117 Å². The second-order valence-corrected chi connectivity index (χ2v) is 4.54. The van der Waals surface area contributed by atoms with Crippen molar-refractivity contribution in [2.45, 2.75) is 26.4 Å². The third-order valence-electron chi connectivity index (χ3n) is 2.98. The summed E-state index contributed by atoms with van der Waals surface area (Å²) >= 11 is 0. The first-order valence-electron chi connectivity index (χ1n) is 6.36. The number of nitrogens with zero attached hydrogens (tertiary/aromatic N) is 1. The van der Waals surface area contributed by atoms with Crippen molar-refractivity contribution in [3.05, 3.63) is 28.8 Å². The van der Waals surface area contributed by atoms with E-state index in [2.05, 4.69) is 0 Å². The lowest BCUT2D eigenvalue weighted by Gasteiger charge is -2.10. The van der Waals surface area contributed by atoms with Crippen molar-refractivity contribution in [1.29, 1.82) is 5.26 Å². The zero-order valence-corrected chi connectivity index (χ0v) is 11.3. The number of benzene rings is 1. The van der Waals surface area contributed by atoms with Gasteiger partial charge in [0.05, 0.1) is 6.61 Å². The smallest absolute Gasteiger partial charge is 0.346 e. The first-order chi connectivity index (χ1) is 9.55. The number of aliphatic carboxylic acids is 1. The zero-order valence-electron chi connectivity index (χ0n) is 11.3. The third kappa shape index (κ3) is 2.75. The van der Waals surface area contributed by atoms with Crippen LogP contribution in [0.1, 0.15) is 25.0 Å². The molecule has 0 amide bonds. The molecule has 1 aromatic carbocycles. The highest BCUT2D eigenvalue weighted by Crippen LogP contribution is 2.36. The van der Waals surface area contributed by atoms with Crippen LogP contribution in [0.3, 0.4) is 0 Å². The van der Waals surface area contributed by atoms with Gasteiger partial charge in [0.1, 0.15) is 29.2 Å². The summed E-state index contributed by atoms with van der Waals surface area (Å²) in [5, 5.41) is 17.8. The number of hydrogen-bond donors (Lipinski definition) is 1. The Morgan fingerprint density at radius 2 is 2.40 bits per heavy atom. The molecular weight excluding hydrogens is 258 g/mol. The maximum Gasteiger partial charge on any atom is 0.346 e. The summed E-state index contributed by atoms with van der Waals surface area (Å²) in [6, 6.07) is 5.24. The molecular formula is C15H15NO4. The average Bonchev–Trinajstić information content (AvgIpc) is 2.74. The van der Waals surface area contributed by atoms with Gasteiger partial charge in [-0.2, -0.15) is 5.26 Å². The van der Waals surface area contributed by atoms with Gasteiger partial charge in [0.15, 0.2) is 0 Å². The van der Waals surface area contributed by atoms with Gasteiger partial charge in [0, 0.05) is 17.5 Å². The minimum atomic E-state index is -1.26. The molecule has 1 aliphatic rings. The summed E-state index contributed by atoms with van der Waals surface area (Å²) in [6.45, 7) is 4.28. The van der Waals surface area contributed by atoms with Crippen LogP contribution in [0.5, 0.6) is 11.5 Å². The lowest BCUT2D eigenvalue weighted by Crippen LogP contribution is -2.05. The molecule has 5 heteroatoms. The average molecular weight is 273 g/mol. The van der Waals surface area contributed by atoms with E-state index in [-0.39, 0.29) is 11.7 Å². The van der Waals surface area contributed by atoms with E-state index in [1.165, 1.54) is 6.08 Å². The van der Waals surface area contributed by atoms with Gasteiger partial charge in [0.2, 0.25) is 0 Å². The van der Waals surface area contributed by atoms with Gasteiger partial charge in [-0.05, 0) is 32.1 Å². The van der Waals surface area contributed by atoms with Gasteiger partial charge < -0.3 is 14.6 Å². The molecule has 0 aliphatic carbocycles. The van der Waals surface area contributed by atoms with Crippen molar-refractivity contribution >= 4 is 12.0 Å². The quantitative estimate of drug-likeness (QED) is 0.673. The molecule has 1 heterocycles. The van der Waals surface area contributed by atoms with Crippen LogP contribution in [0.25, 0.3) is 6.08 Å². The van der Waals surface area contributed by atoms with E-state index in [0.29, 0.717) is 17.9 Å². The Morgan fingerprint density at radius 3 is 3.00 bits per heavy atom. The predicted octanol–water partition coefficient (Wildman–Crippen LogP) is 2.40. The van der Waals surface area contributed by atoms with E-state index in [1.54, 1.807) is 12.1 Å². The SMILES string of the molecule is CCOc1cc2c(cc1/C=C(\C#N)C(=O)O)O[C@H](C)C2. The van der Waals surface area contributed by atoms with Crippen molar-refractivity contribution in [2.24, 2.45) is 0 Å². The lowest BCUT2D eigenvalue weighted by atomic mass is 10.0. The van der Waals surface area contributed by atoms with Crippen molar-refractivity contribution in [1.82, 2.24) is 0 Å². The maximum atomic E-state index is 10.9. The van der Waals surface area contributed by atoms with Gasteiger partial charge in [-0.1, -0.05) is 0 Å². The molecule has 0 radical (unpaired) electrons. The van der Waals surface area contributed by atoms with Gasteiger partial charge in [-0.15, -0.1) is 0 Å². The second-order valence-electron chi connectivity index (χ2n) is 4.54. The van der Waals surface area contributed by atoms with Gasteiger partial charge in [-0.25, -0.2) is 4.79 Å². The van der Waals surface area contributed by atoms with E-state index in [0.717, 1.165) is 17.7 Å². The maximum absolute atomic E-state index is 10.9. The summed E-state index contributed by atoms with van der Waals surface area (Å²) in [5.74, 6) is 0.0255. The third-order valence-corrected chi connectivity index (χ3v) is 2.98. The van der Waals surface area contributed by atoms with E-state index in [1.807, 2.05) is 19.9 Å². The molecule has 1 aromatic rings. The Morgan fingerprint density at radius 1 is 1.65 bits per heavy atom. The van der Waals surface area contributed by atoms with Gasteiger partial charge >= 0.3 is 5.97 Å². The number of carboxylic acid groups (broad SMARTS) is 1. The van der Waals surface area contributed by atoms with Crippen LogP contribution in [0.2, 0.25) is 0 Å². The molecule has 0 aromatic heterocycles. The topological polar surface area (TPSA) is 79.5 Å². The molecule has 1 N–H and O–H groups in total. The van der Waals surface area contributed by atoms with Gasteiger partial charge in [0.25, 0.3) is 0 Å². The number of carbonyl (C=O) groups is 1. The van der Waals surface area contributed by atoms with Crippen LogP contribution in [0.4, 0.5) is 0 Å². The Bertz CT molecular complexity index is 613. The highest BCUT2D eigenvalue weighted by molar-refractivity contribution is 5.97. The summed E-state index contributed by atoms with van der Waals surface area (Å²) < 4.78 is 11.2. The zero-order chi connectivity index (χ0) is 14.7. The predicted molar refractivity (Wildman–Crippen MR) is 72.6 cm³/mol. The Balaban J connectivity index is 2.49. The molecule has 0 bridgehead atoms. The minimum Gasteiger partial charge on any atom is -0.493 e. The number of fused-ring (bicyclic) bond motifs is 1. The number of ether oxygens (including phenoxy) is 2. The van der Waals surface area contributed by atoms with Crippen LogP contribution in [0, 0.1) is 11.3 Å². The number of carboxylic acids is 1. The fraction of sp³-hybridized carbons (Fsp3) is 0.333. The normalized spacial score (nSPS) is 17.1. The van der Waals surface area contributed by atoms with Crippen LogP contribution in [0.15, 0.2) is 17.7 Å². The highest BCUT2D eigenvalue weighted by atomic mass is 16.5. The molecule has 1 aliphatic heterocycles. The highest BCUT2D eigenvalue weighted by Gasteiger charge is 2.22. The fourth-order valence-electron chi connectivity index (χ4n) is 2.15. The van der Waals surface area contributed by atoms with Crippen molar-refractivity contribution in [2.75, 3.05) is 6.61 Å². The monoisotopic (exact) mass is 273 g/mol. The molecule has 5 nitrogen and oxygen atoms in total. The van der Waals surface area contributed by atoms with E-state index in [4.69, 9.17) is 19.8 Å². The largest absolute Gasteiger partial charge is 0.493 e. The minimum absolute atomic E-state index is 0.0913. The van der Waals surface area contributed by atoms with Crippen molar-refractivity contribution in [3.63, 3.8) is 0 Å². The number of hydrogen-bond acceptors (Lipinski definition) is 4. The van der Waals surface area contributed by atoms with E-state index < -0.39 is 5.97 Å². The molecule has 0 saturated carbocycles. The first-order valence-corrected chi connectivity index (χ1v) is 6.36. The summed E-state index contributed by atoms with van der Waals surface area (Å²) in [5.41, 5.74) is 1.24. The Kier molecular flexibility index (Phi) is 3.94. The molecule has 0 spiro atoms. The van der Waals surface area contributed by atoms with Crippen LogP contribution in [-0.2, 0) is 11.2 Å². The van der Waals surface area contributed by atoms with Crippen molar-refractivity contribution < 1.29 is 19.4 Å².